The SMILES string of the molecule is CC(C)n1c(=O)n(CCC(C)n2c(=O)n(C)c3ccccc32)c2cc(C#N)cnc21. The van der Waals surface area contributed by atoms with Crippen LogP contribution in [0.25, 0.3) is 22.2 Å². The number of pyridine rings is 1. The number of para-hydroxylation sites is 2. The third-order valence-corrected chi connectivity index (χ3v) is 5.66. The van der Waals surface area contributed by atoms with Crippen molar-refractivity contribution in [3.63, 3.8) is 0 Å². The Kier molecular flexibility index (Phi) is 4.82. The zero-order valence-corrected chi connectivity index (χ0v) is 17.5. The smallest absolute Gasteiger partial charge is 0.295 e. The first-order chi connectivity index (χ1) is 14.3. The molecule has 1 unspecified atom stereocenters. The molecule has 8 heteroatoms. The third-order valence-electron chi connectivity index (χ3n) is 5.66. The summed E-state index contributed by atoms with van der Waals surface area (Å²) in [6, 6.07) is 11.3. The summed E-state index contributed by atoms with van der Waals surface area (Å²) >= 11 is 0. The first kappa shape index (κ1) is 19.7. The molecule has 8 nitrogen and oxygen atoms in total. The van der Waals surface area contributed by atoms with Gasteiger partial charge in [-0.05, 0) is 45.4 Å². The van der Waals surface area contributed by atoms with Gasteiger partial charge in [0.15, 0.2) is 5.65 Å². The monoisotopic (exact) mass is 404 g/mol. The molecule has 0 N–H and O–H groups in total. The topological polar surface area (TPSA) is 90.5 Å². The van der Waals surface area contributed by atoms with Crippen molar-refractivity contribution in [2.75, 3.05) is 0 Å². The number of nitrogens with zero attached hydrogens (tertiary/aromatic N) is 6. The molecule has 3 heterocycles. The van der Waals surface area contributed by atoms with E-state index in [9.17, 15) is 14.9 Å². The summed E-state index contributed by atoms with van der Waals surface area (Å²) in [5, 5.41) is 9.25. The molecule has 0 aliphatic heterocycles. The largest absolute Gasteiger partial charge is 0.330 e. The van der Waals surface area contributed by atoms with Crippen LogP contribution in [0, 0.1) is 11.3 Å². The minimum absolute atomic E-state index is 0.0557. The van der Waals surface area contributed by atoms with Gasteiger partial charge in [0, 0.05) is 31.9 Å². The lowest BCUT2D eigenvalue weighted by molar-refractivity contribution is 0.453. The van der Waals surface area contributed by atoms with Crippen LogP contribution in [0.5, 0.6) is 0 Å². The highest BCUT2D eigenvalue weighted by atomic mass is 16.2. The highest BCUT2D eigenvalue weighted by Gasteiger charge is 2.20. The molecule has 0 aliphatic carbocycles. The molecule has 4 aromatic rings. The number of hydrogen-bond acceptors (Lipinski definition) is 4. The molecule has 0 saturated heterocycles. The molecule has 0 spiro atoms. The first-order valence-corrected chi connectivity index (χ1v) is 10.0. The zero-order valence-electron chi connectivity index (χ0n) is 17.5. The van der Waals surface area contributed by atoms with Gasteiger partial charge in [0.25, 0.3) is 0 Å². The van der Waals surface area contributed by atoms with Crippen LogP contribution >= 0.6 is 0 Å². The molecule has 0 amide bonds. The normalized spacial score (nSPS) is 12.7. The van der Waals surface area contributed by atoms with E-state index >= 15 is 0 Å². The van der Waals surface area contributed by atoms with E-state index in [0.717, 1.165) is 11.0 Å². The van der Waals surface area contributed by atoms with Crippen LogP contribution < -0.4 is 11.4 Å². The molecule has 0 bridgehead atoms. The van der Waals surface area contributed by atoms with Crippen molar-refractivity contribution in [3.05, 3.63) is 63.1 Å². The van der Waals surface area contributed by atoms with Crippen LogP contribution in [0.2, 0.25) is 0 Å². The summed E-state index contributed by atoms with van der Waals surface area (Å²) in [4.78, 5) is 30.3. The van der Waals surface area contributed by atoms with Gasteiger partial charge in [-0.2, -0.15) is 5.26 Å². The van der Waals surface area contributed by atoms with Crippen LogP contribution in [0.4, 0.5) is 0 Å². The summed E-state index contributed by atoms with van der Waals surface area (Å²) in [6.45, 7) is 6.27. The Morgan fingerprint density at radius 1 is 1.03 bits per heavy atom. The fourth-order valence-electron chi connectivity index (χ4n) is 4.09. The third kappa shape index (κ3) is 2.94. The number of hydrogen-bond donors (Lipinski definition) is 0. The molecule has 1 atom stereocenters. The van der Waals surface area contributed by atoms with Gasteiger partial charge in [-0.3, -0.25) is 18.3 Å². The van der Waals surface area contributed by atoms with Gasteiger partial charge in [-0.15, -0.1) is 0 Å². The molecule has 0 aliphatic rings. The van der Waals surface area contributed by atoms with E-state index in [1.807, 2.05) is 45.0 Å². The van der Waals surface area contributed by atoms with Crippen LogP contribution in [-0.2, 0) is 13.6 Å². The highest BCUT2D eigenvalue weighted by molar-refractivity contribution is 5.76. The van der Waals surface area contributed by atoms with Gasteiger partial charge in [-0.25, -0.2) is 14.6 Å². The van der Waals surface area contributed by atoms with E-state index < -0.39 is 0 Å². The second-order valence-electron chi connectivity index (χ2n) is 7.91. The molecular weight excluding hydrogens is 380 g/mol. The van der Waals surface area contributed by atoms with Gasteiger partial charge in [0.2, 0.25) is 0 Å². The van der Waals surface area contributed by atoms with Gasteiger partial charge in [-0.1, -0.05) is 12.1 Å². The average molecular weight is 404 g/mol. The Bertz CT molecular complexity index is 1410. The fourth-order valence-corrected chi connectivity index (χ4v) is 4.09. The lowest BCUT2D eigenvalue weighted by atomic mass is 10.2. The van der Waals surface area contributed by atoms with Crippen molar-refractivity contribution in [3.8, 4) is 6.07 Å². The second kappa shape index (κ2) is 7.34. The predicted molar refractivity (Wildman–Crippen MR) is 116 cm³/mol. The Morgan fingerprint density at radius 2 is 1.73 bits per heavy atom. The van der Waals surface area contributed by atoms with Crippen molar-refractivity contribution in [1.82, 2.24) is 23.3 Å². The second-order valence-corrected chi connectivity index (χ2v) is 7.91. The van der Waals surface area contributed by atoms with Crippen LogP contribution in [0.15, 0.2) is 46.1 Å². The molecule has 3 aromatic heterocycles. The van der Waals surface area contributed by atoms with E-state index in [2.05, 4.69) is 11.1 Å². The molecular formula is C22H24N6O2. The van der Waals surface area contributed by atoms with Crippen molar-refractivity contribution in [2.24, 2.45) is 7.05 Å². The van der Waals surface area contributed by atoms with Gasteiger partial charge in [0.1, 0.15) is 6.07 Å². The summed E-state index contributed by atoms with van der Waals surface area (Å²) < 4.78 is 6.73. The van der Waals surface area contributed by atoms with Crippen molar-refractivity contribution in [2.45, 2.75) is 45.8 Å². The number of imidazole rings is 2. The maximum absolute atomic E-state index is 13.1. The molecule has 0 fully saturated rings. The lowest BCUT2D eigenvalue weighted by Crippen LogP contribution is -2.28. The summed E-state index contributed by atoms with van der Waals surface area (Å²) in [5.74, 6) is 0. The lowest BCUT2D eigenvalue weighted by Gasteiger charge is -2.14. The molecule has 154 valence electrons. The van der Waals surface area contributed by atoms with Crippen LogP contribution in [-0.4, -0.2) is 23.3 Å². The summed E-state index contributed by atoms with van der Waals surface area (Å²) in [7, 11) is 1.77. The van der Waals surface area contributed by atoms with E-state index in [1.54, 1.807) is 31.4 Å². The quantitative estimate of drug-likeness (QED) is 0.511. The number of aromatic nitrogens is 5. The molecule has 30 heavy (non-hydrogen) atoms. The summed E-state index contributed by atoms with van der Waals surface area (Å²) in [5.41, 5.74) is 3.16. The molecule has 0 saturated carbocycles. The Labute approximate surface area is 173 Å². The van der Waals surface area contributed by atoms with Crippen molar-refractivity contribution in [1.29, 1.82) is 5.26 Å². The maximum Gasteiger partial charge on any atom is 0.330 e. The highest BCUT2D eigenvalue weighted by Crippen LogP contribution is 2.21. The van der Waals surface area contributed by atoms with Gasteiger partial charge >= 0.3 is 11.4 Å². The molecule has 4 rings (SSSR count). The molecule has 0 radical (unpaired) electrons. The standard InChI is InChI=1S/C22H24N6O2/c1-14(2)27-20-19(11-16(12-23)13-24-20)26(22(27)30)10-9-15(3)28-18-8-6-5-7-17(18)25(4)21(28)29/h5-8,11,13-15H,9-10H2,1-4H3. The van der Waals surface area contributed by atoms with Crippen LogP contribution in [0.1, 0.15) is 44.8 Å². The van der Waals surface area contributed by atoms with E-state index in [4.69, 9.17) is 0 Å². The van der Waals surface area contributed by atoms with E-state index in [0.29, 0.717) is 29.7 Å². The van der Waals surface area contributed by atoms with Gasteiger partial charge < -0.3 is 0 Å². The minimum Gasteiger partial charge on any atom is -0.295 e. The first-order valence-electron chi connectivity index (χ1n) is 10.0. The van der Waals surface area contributed by atoms with E-state index in [1.165, 1.54) is 6.20 Å². The van der Waals surface area contributed by atoms with Gasteiger partial charge in [0.05, 0.1) is 22.1 Å². The number of aryl methyl sites for hydroxylation is 2. The zero-order chi connectivity index (χ0) is 21.6. The Morgan fingerprint density at radius 3 is 2.40 bits per heavy atom. The van der Waals surface area contributed by atoms with Crippen molar-refractivity contribution < 1.29 is 0 Å². The minimum atomic E-state index is -0.153. The number of benzene rings is 1. The average Bonchev–Trinajstić information content (AvgIpc) is 3.16. The number of rotatable bonds is 5. The summed E-state index contributed by atoms with van der Waals surface area (Å²) in [6.07, 6.45) is 2.07. The Balaban J connectivity index is 1.75. The number of fused-ring (bicyclic) bond motifs is 2. The van der Waals surface area contributed by atoms with Crippen molar-refractivity contribution >= 4 is 22.2 Å². The van der Waals surface area contributed by atoms with Crippen LogP contribution in [0.3, 0.4) is 0 Å². The fraction of sp³-hybridized carbons (Fsp3) is 0.364. The Hall–Kier alpha value is -3.60. The van der Waals surface area contributed by atoms with E-state index in [-0.39, 0.29) is 23.5 Å². The number of nitriles is 1. The maximum atomic E-state index is 13.1. The predicted octanol–water partition coefficient (Wildman–Crippen LogP) is 2.96. The molecule has 1 aromatic carbocycles.